The molecule has 17 heavy (non-hydrogen) atoms. The summed E-state index contributed by atoms with van der Waals surface area (Å²) in [5, 5.41) is 9.98. The SMILES string of the molecule is Cc1nccc(C(O)Cc2cccc(F)c2)n1. The van der Waals surface area contributed by atoms with Crippen LogP contribution in [0.15, 0.2) is 36.5 Å². The van der Waals surface area contributed by atoms with Crippen LogP contribution in [0.1, 0.15) is 23.2 Å². The summed E-state index contributed by atoms with van der Waals surface area (Å²) >= 11 is 0. The highest BCUT2D eigenvalue weighted by Crippen LogP contribution is 2.16. The van der Waals surface area contributed by atoms with Crippen molar-refractivity contribution in [2.45, 2.75) is 19.4 Å². The number of aromatic nitrogens is 2. The van der Waals surface area contributed by atoms with Crippen LogP contribution in [0.3, 0.4) is 0 Å². The van der Waals surface area contributed by atoms with Gasteiger partial charge in [-0.1, -0.05) is 12.1 Å². The van der Waals surface area contributed by atoms with Crippen molar-refractivity contribution in [1.82, 2.24) is 9.97 Å². The Kier molecular flexibility index (Phi) is 3.44. The van der Waals surface area contributed by atoms with E-state index in [0.29, 0.717) is 17.9 Å². The van der Waals surface area contributed by atoms with E-state index >= 15 is 0 Å². The number of rotatable bonds is 3. The van der Waals surface area contributed by atoms with Crippen molar-refractivity contribution in [2.75, 3.05) is 0 Å². The summed E-state index contributed by atoms with van der Waals surface area (Å²) in [7, 11) is 0. The second-order valence-corrected chi connectivity index (χ2v) is 3.88. The molecule has 0 fully saturated rings. The van der Waals surface area contributed by atoms with E-state index in [4.69, 9.17) is 0 Å². The predicted molar refractivity (Wildman–Crippen MR) is 61.8 cm³/mol. The molecular formula is C13H13FN2O. The van der Waals surface area contributed by atoms with Crippen LogP contribution in [0.4, 0.5) is 4.39 Å². The number of nitrogens with zero attached hydrogens (tertiary/aromatic N) is 2. The summed E-state index contributed by atoms with van der Waals surface area (Å²) in [6.45, 7) is 1.76. The largest absolute Gasteiger partial charge is 0.386 e. The van der Waals surface area contributed by atoms with Crippen LogP contribution in [-0.4, -0.2) is 15.1 Å². The van der Waals surface area contributed by atoms with Crippen molar-refractivity contribution in [3.8, 4) is 0 Å². The Bertz CT molecular complexity index is 516. The van der Waals surface area contributed by atoms with E-state index < -0.39 is 6.10 Å². The number of hydrogen-bond donors (Lipinski definition) is 1. The number of aliphatic hydroxyl groups excluding tert-OH is 1. The van der Waals surface area contributed by atoms with Gasteiger partial charge in [-0.25, -0.2) is 14.4 Å². The highest BCUT2D eigenvalue weighted by atomic mass is 19.1. The number of aliphatic hydroxyl groups is 1. The molecule has 0 bridgehead atoms. The van der Waals surface area contributed by atoms with Crippen molar-refractivity contribution >= 4 is 0 Å². The summed E-state index contributed by atoms with van der Waals surface area (Å²) in [4.78, 5) is 8.10. The molecule has 4 heteroatoms. The fourth-order valence-corrected chi connectivity index (χ4v) is 1.65. The number of halogens is 1. The first-order valence-electron chi connectivity index (χ1n) is 5.37. The average Bonchev–Trinajstić information content (AvgIpc) is 2.29. The Hall–Kier alpha value is -1.81. The number of benzene rings is 1. The van der Waals surface area contributed by atoms with Crippen LogP contribution in [0.2, 0.25) is 0 Å². The zero-order valence-electron chi connectivity index (χ0n) is 9.47. The van der Waals surface area contributed by atoms with Gasteiger partial charge >= 0.3 is 0 Å². The highest BCUT2D eigenvalue weighted by Gasteiger charge is 2.10. The van der Waals surface area contributed by atoms with Crippen molar-refractivity contribution in [1.29, 1.82) is 0 Å². The minimum absolute atomic E-state index is 0.298. The van der Waals surface area contributed by atoms with E-state index in [1.807, 2.05) is 0 Å². The first-order valence-corrected chi connectivity index (χ1v) is 5.37. The Morgan fingerprint density at radius 1 is 1.35 bits per heavy atom. The summed E-state index contributed by atoms with van der Waals surface area (Å²) < 4.78 is 13.0. The standard InChI is InChI=1S/C13H13FN2O/c1-9-15-6-5-12(16-9)13(17)8-10-3-2-4-11(14)7-10/h2-7,13,17H,8H2,1H3. The Morgan fingerprint density at radius 3 is 2.88 bits per heavy atom. The quantitative estimate of drug-likeness (QED) is 0.882. The molecule has 1 atom stereocenters. The average molecular weight is 232 g/mol. The van der Waals surface area contributed by atoms with Crippen LogP contribution in [-0.2, 0) is 6.42 Å². The third-order valence-corrected chi connectivity index (χ3v) is 2.46. The number of hydrogen-bond acceptors (Lipinski definition) is 3. The summed E-state index contributed by atoms with van der Waals surface area (Å²) in [5.74, 6) is 0.314. The molecule has 3 nitrogen and oxygen atoms in total. The molecule has 0 spiro atoms. The molecule has 2 rings (SSSR count). The molecule has 0 saturated carbocycles. The minimum Gasteiger partial charge on any atom is -0.386 e. The maximum Gasteiger partial charge on any atom is 0.125 e. The van der Waals surface area contributed by atoms with E-state index in [1.54, 1.807) is 31.3 Å². The lowest BCUT2D eigenvalue weighted by molar-refractivity contribution is 0.173. The van der Waals surface area contributed by atoms with Crippen LogP contribution in [0, 0.1) is 12.7 Å². The van der Waals surface area contributed by atoms with E-state index in [1.165, 1.54) is 12.1 Å². The lowest BCUT2D eigenvalue weighted by Crippen LogP contribution is -2.05. The molecule has 0 aliphatic carbocycles. The van der Waals surface area contributed by atoms with E-state index in [9.17, 15) is 9.50 Å². The van der Waals surface area contributed by atoms with E-state index in [-0.39, 0.29) is 5.82 Å². The summed E-state index contributed by atoms with van der Waals surface area (Å²) in [5.41, 5.74) is 1.30. The summed E-state index contributed by atoms with van der Waals surface area (Å²) in [6, 6.07) is 7.86. The Labute approximate surface area is 99.0 Å². The van der Waals surface area contributed by atoms with Gasteiger partial charge in [0, 0.05) is 12.6 Å². The molecule has 0 radical (unpaired) electrons. The van der Waals surface area contributed by atoms with Gasteiger partial charge in [0.15, 0.2) is 0 Å². The van der Waals surface area contributed by atoms with Gasteiger partial charge in [-0.05, 0) is 30.7 Å². The fraction of sp³-hybridized carbons (Fsp3) is 0.231. The van der Waals surface area contributed by atoms with Crippen LogP contribution < -0.4 is 0 Å². The smallest absolute Gasteiger partial charge is 0.125 e. The predicted octanol–water partition coefficient (Wildman–Crippen LogP) is 2.20. The zero-order valence-corrected chi connectivity index (χ0v) is 9.47. The first kappa shape index (κ1) is 11.7. The third-order valence-electron chi connectivity index (χ3n) is 2.46. The monoisotopic (exact) mass is 232 g/mol. The van der Waals surface area contributed by atoms with Crippen molar-refractivity contribution in [3.63, 3.8) is 0 Å². The van der Waals surface area contributed by atoms with Gasteiger partial charge in [-0.3, -0.25) is 0 Å². The van der Waals surface area contributed by atoms with Crippen molar-refractivity contribution in [2.24, 2.45) is 0 Å². The molecule has 0 saturated heterocycles. The zero-order chi connectivity index (χ0) is 12.3. The van der Waals surface area contributed by atoms with Gasteiger partial charge in [0.2, 0.25) is 0 Å². The van der Waals surface area contributed by atoms with Crippen LogP contribution in [0.5, 0.6) is 0 Å². The molecular weight excluding hydrogens is 219 g/mol. The molecule has 1 aromatic heterocycles. The molecule has 2 aromatic rings. The van der Waals surface area contributed by atoms with Gasteiger partial charge in [-0.2, -0.15) is 0 Å². The van der Waals surface area contributed by atoms with Gasteiger partial charge in [-0.15, -0.1) is 0 Å². The van der Waals surface area contributed by atoms with Crippen molar-refractivity contribution < 1.29 is 9.50 Å². The second-order valence-electron chi connectivity index (χ2n) is 3.88. The van der Waals surface area contributed by atoms with Gasteiger partial charge in [0.1, 0.15) is 17.7 Å². The lowest BCUT2D eigenvalue weighted by atomic mass is 10.1. The van der Waals surface area contributed by atoms with E-state index in [2.05, 4.69) is 9.97 Å². The van der Waals surface area contributed by atoms with Crippen LogP contribution in [0.25, 0.3) is 0 Å². The normalized spacial score (nSPS) is 12.4. The second kappa shape index (κ2) is 5.01. The topological polar surface area (TPSA) is 46.0 Å². The maximum atomic E-state index is 13.0. The Morgan fingerprint density at radius 2 is 2.18 bits per heavy atom. The Balaban J connectivity index is 2.14. The molecule has 1 heterocycles. The van der Waals surface area contributed by atoms with E-state index in [0.717, 1.165) is 5.56 Å². The molecule has 0 amide bonds. The first-order chi connectivity index (χ1) is 8.15. The fourth-order valence-electron chi connectivity index (χ4n) is 1.65. The van der Waals surface area contributed by atoms with Gasteiger partial charge < -0.3 is 5.11 Å². The molecule has 88 valence electrons. The summed E-state index contributed by atoms with van der Waals surface area (Å²) in [6.07, 6.45) is 1.21. The molecule has 1 aromatic carbocycles. The van der Waals surface area contributed by atoms with Crippen LogP contribution >= 0.6 is 0 Å². The highest BCUT2D eigenvalue weighted by molar-refractivity contribution is 5.19. The third kappa shape index (κ3) is 3.07. The maximum absolute atomic E-state index is 13.0. The lowest BCUT2D eigenvalue weighted by Gasteiger charge is -2.10. The van der Waals surface area contributed by atoms with Crippen molar-refractivity contribution in [3.05, 3.63) is 59.4 Å². The molecule has 0 aliphatic rings. The molecule has 0 aliphatic heterocycles. The van der Waals surface area contributed by atoms with Gasteiger partial charge in [0.05, 0.1) is 5.69 Å². The molecule has 1 unspecified atom stereocenters. The number of aryl methyl sites for hydroxylation is 1. The van der Waals surface area contributed by atoms with Gasteiger partial charge in [0.25, 0.3) is 0 Å². The molecule has 1 N–H and O–H groups in total. The minimum atomic E-state index is -0.738.